The van der Waals surface area contributed by atoms with E-state index in [1.807, 2.05) is 18.2 Å². The Bertz CT molecular complexity index is 525. The van der Waals surface area contributed by atoms with Crippen LogP contribution in [0.15, 0.2) is 23.1 Å². The number of nitriles is 1. The molecule has 0 aliphatic heterocycles. The Balaban J connectivity index is 2.74. The van der Waals surface area contributed by atoms with Crippen LogP contribution in [0.4, 0.5) is 0 Å². The summed E-state index contributed by atoms with van der Waals surface area (Å²) in [4.78, 5) is 1.84. The van der Waals surface area contributed by atoms with Crippen molar-refractivity contribution >= 4 is 45.7 Å². The number of benzene rings is 1. The molecule has 1 heterocycles. The minimum absolute atomic E-state index is 0.366. The van der Waals surface area contributed by atoms with E-state index in [0.717, 1.165) is 19.9 Å². The van der Waals surface area contributed by atoms with Gasteiger partial charge in [-0.1, -0.05) is 23.7 Å². The number of rotatable bonds is 1. The number of halogens is 1. The standard InChI is InChI=1S/C10H6ClNS2/c11-9-6-2-1-3-7(13)10(6)14-8(9)4-5-12/h1-3,13H,4H2. The predicted molar refractivity (Wildman–Crippen MR) is 63.4 cm³/mol. The fourth-order valence-corrected chi connectivity index (χ4v) is 3.08. The third-order valence-electron chi connectivity index (χ3n) is 1.94. The van der Waals surface area contributed by atoms with Gasteiger partial charge in [0.2, 0.25) is 0 Å². The summed E-state index contributed by atoms with van der Waals surface area (Å²) in [6.45, 7) is 0. The highest BCUT2D eigenvalue weighted by atomic mass is 35.5. The largest absolute Gasteiger partial charge is 0.198 e. The molecule has 0 bridgehead atoms. The van der Waals surface area contributed by atoms with Crippen molar-refractivity contribution in [2.24, 2.45) is 0 Å². The van der Waals surface area contributed by atoms with Crippen LogP contribution >= 0.6 is 35.6 Å². The molecule has 1 aromatic carbocycles. The van der Waals surface area contributed by atoms with E-state index in [4.69, 9.17) is 16.9 Å². The Morgan fingerprint density at radius 1 is 1.50 bits per heavy atom. The number of thiol groups is 1. The monoisotopic (exact) mass is 239 g/mol. The van der Waals surface area contributed by atoms with Gasteiger partial charge in [-0.15, -0.1) is 24.0 Å². The van der Waals surface area contributed by atoms with Crippen molar-refractivity contribution in [3.8, 4) is 6.07 Å². The van der Waals surface area contributed by atoms with Crippen LogP contribution in [0.2, 0.25) is 5.02 Å². The summed E-state index contributed by atoms with van der Waals surface area (Å²) < 4.78 is 1.06. The Hall–Kier alpha value is -0.690. The van der Waals surface area contributed by atoms with Crippen molar-refractivity contribution in [3.63, 3.8) is 0 Å². The van der Waals surface area contributed by atoms with Crippen molar-refractivity contribution in [1.29, 1.82) is 5.26 Å². The molecule has 2 rings (SSSR count). The Morgan fingerprint density at radius 3 is 2.93 bits per heavy atom. The maximum atomic E-state index is 8.62. The van der Waals surface area contributed by atoms with Crippen LogP contribution in [0.25, 0.3) is 10.1 Å². The topological polar surface area (TPSA) is 23.8 Å². The molecular weight excluding hydrogens is 234 g/mol. The summed E-state index contributed by atoms with van der Waals surface area (Å²) in [6.07, 6.45) is 0.366. The first-order valence-electron chi connectivity index (χ1n) is 4.00. The maximum absolute atomic E-state index is 8.62. The lowest BCUT2D eigenvalue weighted by Gasteiger charge is -1.92. The molecule has 0 atom stereocenters. The van der Waals surface area contributed by atoms with Crippen LogP contribution in [0, 0.1) is 11.3 Å². The highest BCUT2D eigenvalue weighted by Gasteiger charge is 2.10. The van der Waals surface area contributed by atoms with E-state index < -0.39 is 0 Å². The average Bonchev–Trinajstić information content (AvgIpc) is 2.48. The van der Waals surface area contributed by atoms with Crippen molar-refractivity contribution in [2.75, 3.05) is 0 Å². The van der Waals surface area contributed by atoms with Crippen LogP contribution in [0.3, 0.4) is 0 Å². The number of nitrogens with zero attached hydrogens (tertiary/aromatic N) is 1. The Kier molecular flexibility index (Phi) is 2.69. The van der Waals surface area contributed by atoms with E-state index in [0.29, 0.717) is 11.4 Å². The average molecular weight is 240 g/mol. The van der Waals surface area contributed by atoms with E-state index >= 15 is 0 Å². The second-order valence-corrected chi connectivity index (χ2v) is 4.79. The van der Waals surface area contributed by atoms with Gasteiger partial charge in [-0.25, -0.2) is 0 Å². The number of hydrogen-bond donors (Lipinski definition) is 1. The molecule has 0 aliphatic carbocycles. The van der Waals surface area contributed by atoms with Gasteiger partial charge in [-0.3, -0.25) is 0 Å². The third-order valence-corrected chi connectivity index (χ3v) is 4.25. The fraction of sp³-hybridized carbons (Fsp3) is 0.100. The van der Waals surface area contributed by atoms with E-state index in [-0.39, 0.29) is 0 Å². The van der Waals surface area contributed by atoms with Crippen LogP contribution in [-0.2, 0) is 6.42 Å². The van der Waals surface area contributed by atoms with Gasteiger partial charge in [0.25, 0.3) is 0 Å². The van der Waals surface area contributed by atoms with Gasteiger partial charge in [0.1, 0.15) is 0 Å². The van der Waals surface area contributed by atoms with Gasteiger partial charge in [-0.2, -0.15) is 5.26 Å². The molecule has 0 saturated carbocycles. The van der Waals surface area contributed by atoms with Crippen LogP contribution < -0.4 is 0 Å². The quantitative estimate of drug-likeness (QED) is 0.750. The minimum atomic E-state index is 0.366. The SMILES string of the molecule is N#CCc1sc2c(S)cccc2c1Cl. The van der Waals surface area contributed by atoms with Crippen molar-refractivity contribution in [2.45, 2.75) is 11.3 Å². The highest BCUT2D eigenvalue weighted by Crippen LogP contribution is 2.38. The summed E-state index contributed by atoms with van der Waals surface area (Å²) in [6, 6.07) is 7.90. The van der Waals surface area contributed by atoms with Crippen molar-refractivity contribution in [1.82, 2.24) is 0 Å². The summed E-state index contributed by atoms with van der Waals surface area (Å²) in [5.74, 6) is 0. The van der Waals surface area contributed by atoms with Gasteiger partial charge in [0, 0.05) is 19.9 Å². The van der Waals surface area contributed by atoms with E-state index in [9.17, 15) is 0 Å². The van der Waals surface area contributed by atoms with Gasteiger partial charge < -0.3 is 0 Å². The maximum Gasteiger partial charge on any atom is 0.0711 e. The number of thiophene rings is 1. The molecule has 0 saturated heterocycles. The molecule has 0 aliphatic rings. The molecular formula is C10H6ClNS2. The normalized spacial score (nSPS) is 10.4. The molecule has 14 heavy (non-hydrogen) atoms. The zero-order valence-electron chi connectivity index (χ0n) is 7.12. The smallest absolute Gasteiger partial charge is 0.0711 e. The molecule has 0 unspecified atom stereocenters. The van der Waals surface area contributed by atoms with E-state index in [2.05, 4.69) is 18.7 Å². The van der Waals surface area contributed by atoms with Gasteiger partial charge in [0.05, 0.1) is 17.5 Å². The minimum Gasteiger partial charge on any atom is -0.198 e. The molecule has 0 amide bonds. The lowest BCUT2D eigenvalue weighted by atomic mass is 10.2. The zero-order valence-corrected chi connectivity index (χ0v) is 9.59. The lowest BCUT2D eigenvalue weighted by Crippen LogP contribution is -1.72. The molecule has 0 N–H and O–H groups in total. The van der Waals surface area contributed by atoms with Crippen LogP contribution in [-0.4, -0.2) is 0 Å². The van der Waals surface area contributed by atoms with Crippen molar-refractivity contribution in [3.05, 3.63) is 28.1 Å². The summed E-state index contributed by atoms with van der Waals surface area (Å²) >= 11 is 12.0. The predicted octanol–water partition coefficient (Wildman–Crippen LogP) is 3.91. The second-order valence-electron chi connectivity index (χ2n) is 2.83. The fourth-order valence-electron chi connectivity index (χ4n) is 1.31. The Labute approximate surface area is 96.3 Å². The summed E-state index contributed by atoms with van der Waals surface area (Å²) in [7, 11) is 0. The molecule has 0 fully saturated rings. The molecule has 1 aromatic heterocycles. The van der Waals surface area contributed by atoms with E-state index in [1.54, 1.807) is 11.3 Å². The second kappa shape index (κ2) is 3.82. The molecule has 70 valence electrons. The highest BCUT2D eigenvalue weighted by molar-refractivity contribution is 7.80. The van der Waals surface area contributed by atoms with Gasteiger partial charge in [0.15, 0.2) is 0 Å². The summed E-state index contributed by atoms with van der Waals surface area (Å²) in [5.41, 5.74) is 0. The first-order valence-corrected chi connectivity index (χ1v) is 5.64. The summed E-state index contributed by atoms with van der Waals surface area (Å²) in [5, 5.41) is 10.3. The number of fused-ring (bicyclic) bond motifs is 1. The van der Waals surface area contributed by atoms with Crippen molar-refractivity contribution < 1.29 is 0 Å². The molecule has 4 heteroatoms. The molecule has 2 aromatic rings. The van der Waals surface area contributed by atoms with E-state index in [1.165, 1.54) is 0 Å². The molecule has 1 nitrogen and oxygen atoms in total. The van der Waals surface area contributed by atoms with Crippen LogP contribution in [0.5, 0.6) is 0 Å². The zero-order chi connectivity index (χ0) is 10.1. The first-order chi connectivity index (χ1) is 6.74. The molecule has 0 radical (unpaired) electrons. The molecule has 0 spiro atoms. The van der Waals surface area contributed by atoms with Crippen LogP contribution in [0.1, 0.15) is 4.88 Å². The lowest BCUT2D eigenvalue weighted by molar-refractivity contribution is 1.32. The first kappa shape index (κ1) is 9.85. The number of hydrogen-bond acceptors (Lipinski definition) is 3. The van der Waals surface area contributed by atoms with Gasteiger partial charge in [-0.05, 0) is 6.07 Å². The van der Waals surface area contributed by atoms with Gasteiger partial charge >= 0.3 is 0 Å². The third kappa shape index (κ3) is 1.50. The Morgan fingerprint density at radius 2 is 2.29 bits per heavy atom.